The van der Waals surface area contributed by atoms with Gasteiger partial charge in [-0.15, -0.1) is 5.10 Å². The van der Waals surface area contributed by atoms with E-state index in [4.69, 9.17) is 4.74 Å². The number of rotatable bonds is 7. The minimum atomic E-state index is -4.96. The van der Waals surface area contributed by atoms with Crippen molar-refractivity contribution in [3.05, 3.63) is 77.1 Å². The molecule has 40 heavy (non-hydrogen) atoms. The first kappa shape index (κ1) is 28.0. The summed E-state index contributed by atoms with van der Waals surface area (Å²) >= 11 is 0. The number of piperidine rings is 1. The summed E-state index contributed by atoms with van der Waals surface area (Å²) in [5.74, 6) is -0.222. The highest BCUT2D eigenvalue weighted by Crippen LogP contribution is 2.44. The topological polar surface area (TPSA) is 85.2 Å². The van der Waals surface area contributed by atoms with E-state index in [0.717, 1.165) is 5.56 Å². The van der Waals surface area contributed by atoms with E-state index in [0.29, 0.717) is 38.1 Å². The number of fused-ring (bicyclic) bond motifs is 2. The van der Waals surface area contributed by atoms with Crippen LogP contribution in [0.1, 0.15) is 48.1 Å². The number of carbonyl (C=O) groups is 1. The molecule has 2 saturated heterocycles. The number of ether oxygens (including phenoxy) is 1. The van der Waals surface area contributed by atoms with Crippen molar-refractivity contribution in [1.82, 2.24) is 30.4 Å². The van der Waals surface area contributed by atoms with Gasteiger partial charge in [0.15, 0.2) is 0 Å². The molecule has 2 aromatic carbocycles. The first-order valence-electron chi connectivity index (χ1n) is 12.5. The van der Waals surface area contributed by atoms with Gasteiger partial charge in [0, 0.05) is 6.54 Å². The number of piperazine rings is 1. The maximum Gasteiger partial charge on any atom is 0.416 e. The van der Waals surface area contributed by atoms with E-state index in [-0.39, 0.29) is 30.7 Å². The number of halogens is 6. The van der Waals surface area contributed by atoms with Crippen molar-refractivity contribution in [1.29, 1.82) is 0 Å². The zero-order chi connectivity index (χ0) is 28.8. The van der Waals surface area contributed by atoms with Crippen molar-refractivity contribution in [2.24, 2.45) is 0 Å². The molecule has 5 rings (SSSR count). The third-order valence-corrected chi connectivity index (χ3v) is 7.67. The molecule has 3 heterocycles. The Balaban J connectivity index is 1.45. The molecule has 214 valence electrons. The van der Waals surface area contributed by atoms with Crippen LogP contribution in [0.25, 0.3) is 0 Å². The van der Waals surface area contributed by atoms with E-state index in [9.17, 15) is 31.1 Å². The van der Waals surface area contributed by atoms with Crippen molar-refractivity contribution in [3.8, 4) is 0 Å². The molecule has 0 saturated carbocycles. The molecule has 8 nitrogen and oxygen atoms in total. The summed E-state index contributed by atoms with van der Waals surface area (Å²) < 4.78 is 88.3. The standard InChI is InChI=1S/C26H26F6N6O2/c1-17(18-9-20(25(27,28)29)11-21(10-18)26(30,31)32)40-15-24(19-5-3-2-4-6-19)8-7-23(14-38-16-33-35-36-38)13-37(24)12-22(39)34-23/h2-6,9-11,16-17H,7-8,12-15H2,1H3,(H,34,39)/t17-,23-,24-/m1/s1. The van der Waals surface area contributed by atoms with E-state index in [1.165, 1.54) is 17.9 Å². The van der Waals surface area contributed by atoms with Gasteiger partial charge in [-0.1, -0.05) is 30.3 Å². The molecule has 0 aliphatic carbocycles. The number of aromatic nitrogens is 4. The maximum absolute atomic E-state index is 13.4. The number of amides is 1. The Labute approximate surface area is 225 Å². The van der Waals surface area contributed by atoms with Crippen LogP contribution in [0, 0.1) is 0 Å². The predicted octanol–water partition coefficient (Wildman–Crippen LogP) is 4.35. The van der Waals surface area contributed by atoms with Crippen LogP contribution < -0.4 is 5.32 Å². The minimum absolute atomic E-state index is 0.0335. The number of benzene rings is 2. The quantitative estimate of drug-likeness (QED) is 0.427. The Morgan fingerprint density at radius 2 is 1.70 bits per heavy atom. The highest BCUT2D eigenvalue weighted by molar-refractivity contribution is 5.80. The van der Waals surface area contributed by atoms with E-state index in [1.54, 1.807) is 0 Å². The number of tetrazole rings is 1. The van der Waals surface area contributed by atoms with Crippen LogP contribution in [0.2, 0.25) is 0 Å². The first-order chi connectivity index (χ1) is 18.8. The Hall–Kier alpha value is -3.52. The zero-order valence-electron chi connectivity index (χ0n) is 21.3. The van der Waals surface area contributed by atoms with Gasteiger partial charge in [-0.25, -0.2) is 4.68 Å². The molecule has 1 aromatic heterocycles. The summed E-state index contributed by atoms with van der Waals surface area (Å²) in [6.07, 6.45) is -8.58. The third-order valence-electron chi connectivity index (χ3n) is 7.67. The fourth-order valence-electron chi connectivity index (χ4n) is 5.64. The highest BCUT2D eigenvalue weighted by Gasteiger charge is 2.53. The fourth-order valence-corrected chi connectivity index (χ4v) is 5.64. The molecule has 1 unspecified atom stereocenters. The molecule has 14 heteroatoms. The van der Waals surface area contributed by atoms with Gasteiger partial charge in [-0.2, -0.15) is 26.3 Å². The smallest absolute Gasteiger partial charge is 0.372 e. The summed E-state index contributed by atoms with van der Waals surface area (Å²) in [5, 5.41) is 14.3. The van der Waals surface area contributed by atoms with Gasteiger partial charge in [0.25, 0.3) is 0 Å². The number of hydrogen-bond acceptors (Lipinski definition) is 6. The van der Waals surface area contributed by atoms with Crippen molar-refractivity contribution in [2.45, 2.75) is 55.8 Å². The predicted molar refractivity (Wildman–Crippen MR) is 128 cm³/mol. The minimum Gasteiger partial charge on any atom is -0.372 e. The SMILES string of the molecule is C[C@@H](OC[C@@]1(c2ccccc2)CC[C@]2(Cn3cnnn3)CN1CC(=O)N2)c1cc(C(F)(F)F)cc(C(F)(F)F)c1. The number of nitrogens with one attached hydrogen (secondary N) is 1. The van der Waals surface area contributed by atoms with Crippen LogP contribution >= 0.6 is 0 Å². The molecule has 2 fully saturated rings. The van der Waals surface area contributed by atoms with Crippen molar-refractivity contribution >= 4 is 5.91 Å². The van der Waals surface area contributed by atoms with Crippen molar-refractivity contribution in [3.63, 3.8) is 0 Å². The van der Waals surface area contributed by atoms with Gasteiger partial charge in [0.1, 0.15) is 6.33 Å². The normalized spacial score (nSPS) is 25.9. The molecule has 1 amide bonds. The molecule has 2 aliphatic rings. The van der Waals surface area contributed by atoms with Crippen LogP contribution in [0.5, 0.6) is 0 Å². The summed E-state index contributed by atoms with van der Waals surface area (Å²) in [5.41, 5.74) is -3.74. The van der Waals surface area contributed by atoms with Crippen molar-refractivity contribution < 1.29 is 35.9 Å². The summed E-state index contributed by atoms with van der Waals surface area (Å²) in [7, 11) is 0. The Kier molecular flexibility index (Phi) is 7.11. The van der Waals surface area contributed by atoms with Crippen LogP contribution in [0.15, 0.2) is 54.9 Å². The Morgan fingerprint density at radius 1 is 1.02 bits per heavy atom. The van der Waals surface area contributed by atoms with Crippen LogP contribution in [0.4, 0.5) is 26.3 Å². The lowest BCUT2D eigenvalue weighted by atomic mass is 9.73. The molecule has 1 N–H and O–H groups in total. The average Bonchev–Trinajstić information content (AvgIpc) is 3.40. The zero-order valence-corrected chi connectivity index (χ0v) is 21.3. The fraction of sp³-hybridized carbons (Fsp3) is 0.462. The molecule has 4 atom stereocenters. The monoisotopic (exact) mass is 568 g/mol. The van der Waals surface area contributed by atoms with E-state index in [1.807, 2.05) is 35.2 Å². The number of hydrogen-bond donors (Lipinski definition) is 1. The van der Waals surface area contributed by atoms with Crippen LogP contribution in [-0.4, -0.2) is 56.2 Å². The van der Waals surface area contributed by atoms with Gasteiger partial charge < -0.3 is 10.1 Å². The first-order valence-corrected chi connectivity index (χ1v) is 12.5. The summed E-state index contributed by atoms with van der Waals surface area (Å²) in [6, 6.07) is 10.7. The molecule has 2 bridgehead atoms. The Bertz CT molecular complexity index is 1320. The molecule has 0 radical (unpaired) electrons. The lowest BCUT2D eigenvalue weighted by Crippen LogP contribution is -2.72. The number of carbonyl (C=O) groups excluding carboxylic acids is 1. The van der Waals surface area contributed by atoms with Gasteiger partial charge in [0.2, 0.25) is 5.91 Å². The second-order valence-corrected chi connectivity index (χ2v) is 10.4. The van der Waals surface area contributed by atoms with Gasteiger partial charge >= 0.3 is 12.4 Å². The second kappa shape index (κ2) is 10.1. The summed E-state index contributed by atoms with van der Waals surface area (Å²) in [6.45, 7) is 2.12. The van der Waals surface area contributed by atoms with Gasteiger partial charge in [-0.3, -0.25) is 9.69 Å². The van der Waals surface area contributed by atoms with Crippen LogP contribution in [0.3, 0.4) is 0 Å². The van der Waals surface area contributed by atoms with E-state index in [2.05, 4.69) is 20.8 Å². The maximum atomic E-state index is 13.4. The summed E-state index contributed by atoms with van der Waals surface area (Å²) in [4.78, 5) is 14.9. The van der Waals surface area contributed by atoms with Gasteiger partial charge in [0.05, 0.1) is 48.0 Å². The average molecular weight is 569 g/mol. The largest absolute Gasteiger partial charge is 0.416 e. The number of nitrogens with zero attached hydrogens (tertiary/aromatic N) is 5. The van der Waals surface area contributed by atoms with Gasteiger partial charge in [-0.05, 0) is 59.5 Å². The van der Waals surface area contributed by atoms with E-state index < -0.39 is 40.7 Å². The highest BCUT2D eigenvalue weighted by atomic mass is 19.4. The molecule has 3 aromatic rings. The van der Waals surface area contributed by atoms with Crippen molar-refractivity contribution in [2.75, 3.05) is 19.7 Å². The second-order valence-electron chi connectivity index (χ2n) is 10.4. The van der Waals surface area contributed by atoms with E-state index >= 15 is 0 Å². The third kappa shape index (κ3) is 5.55. The molecular weight excluding hydrogens is 542 g/mol. The molecular formula is C26H26F6N6O2. The Morgan fingerprint density at radius 3 is 2.30 bits per heavy atom. The molecule has 2 aliphatic heterocycles. The lowest BCUT2D eigenvalue weighted by molar-refractivity contribution is -0.144. The molecule has 0 spiro atoms. The van der Waals surface area contributed by atoms with Crippen LogP contribution in [-0.2, 0) is 34.0 Å². The lowest BCUT2D eigenvalue weighted by Gasteiger charge is -2.57. The number of alkyl halides is 6.